The highest BCUT2D eigenvalue weighted by atomic mass is 16.5. The Hall–Kier alpha value is -3.16. The molecule has 0 aliphatic heterocycles. The van der Waals surface area contributed by atoms with Crippen LogP contribution in [0.5, 0.6) is 0 Å². The summed E-state index contributed by atoms with van der Waals surface area (Å²) in [6, 6.07) is 3.12. The van der Waals surface area contributed by atoms with Crippen LogP contribution >= 0.6 is 0 Å². The summed E-state index contributed by atoms with van der Waals surface area (Å²) in [5.41, 5.74) is -0.598. The van der Waals surface area contributed by atoms with Gasteiger partial charge in [-0.2, -0.15) is 0 Å². The van der Waals surface area contributed by atoms with E-state index in [1.54, 1.807) is 6.92 Å². The minimum absolute atomic E-state index is 0.0314. The summed E-state index contributed by atoms with van der Waals surface area (Å²) < 4.78 is 10.3. The van der Waals surface area contributed by atoms with Gasteiger partial charge in [-0.05, 0) is 44.4 Å². The van der Waals surface area contributed by atoms with Crippen molar-refractivity contribution in [3.63, 3.8) is 0 Å². The zero-order valence-corrected chi connectivity index (χ0v) is 15.2. The number of hydrogen-bond donors (Lipinski definition) is 2. The van der Waals surface area contributed by atoms with Gasteiger partial charge in [-0.15, -0.1) is 0 Å². The smallest absolute Gasteiger partial charge is 0.339 e. The van der Waals surface area contributed by atoms with Crippen molar-refractivity contribution in [1.82, 2.24) is 0 Å². The molecule has 27 heavy (non-hydrogen) atoms. The fraction of sp³-hybridized carbons (Fsp3) is 0.368. The lowest BCUT2D eigenvalue weighted by atomic mass is 10.0. The molecule has 0 heterocycles. The summed E-state index contributed by atoms with van der Waals surface area (Å²) in [6.07, 6.45) is 1.06. The van der Waals surface area contributed by atoms with Gasteiger partial charge in [-0.3, -0.25) is 0 Å². The molecule has 2 N–H and O–H groups in total. The minimum Gasteiger partial charge on any atom is -0.478 e. The summed E-state index contributed by atoms with van der Waals surface area (Å²) in [4.78, 5) is 45.9. The first kappa shape index (κ1) is 21.9. The van der Waals surface area contributed by atoms with E-state index in [4.69, 9.17) is 19.7 Å². The van der Waals surface area contributed by atoms with Gasteiger partial charge in [-0.1, -0.05) is 13.5 Å². The molecule has 0 bridgehead atoms. The first-order chi connectivity index (χ1) is 12.7. The van der Waals surface area contributed by atoms with Crippen molar-refractivity contribution in [2.24, 2.45) is 0 Å². The summed E-state index contributed by atoms with van der Waals surface area (Å²) in [5, 5.41) is 18.1. The van der Waals surface area contributed by atoms with Crippen LogP contribution in [0.2, 0.25) is 0 Å². The summed E-state index contributed by atoms with van der Waals surface area (Å²) in [5.74, 6) is -4.07. The van der Waals surface area contributed by atoms with Crippen LogP contribution in [0, 0.1) is 0 Å². The van der Waals surface area contributed by atoms with Crippen LogP contribution in [0.15, 0.2) is 30.4 Å². The van der Waals surface area contributed by atoms with E-state index in [0.717, 1.165) is 18.2 Å². The minimum atomic E-state index is -1.36. The molecule has 0 aliphatic carbocycles. The molecular formula is C19H22O8. The molecule has 1 atom stereocenters. The Kier molecular flexibility index (Phi) is 8.19. The molecule has 0 radical (unpaired) electrons. The van der Waals surface area contributed by atoms with E-state index in [1.807, 2.05) is 6.92 Å². The zero-order valence-electron chi connectivity index (χ0n) is 15.2. The third-order valence-corrected chi connectivity index (χ3v) is 3.70. The van der Waals surface area contributed by atoms with Crippen LogP contribution in [-0.4, -0.2) is 46.8 Å². The maximum absolute atomic E-state index is 12.2. The number of carbonyl (C=O) groups is 4. The predicted octanol–water partition coefficient (Wildman–Crippen LogP) is 2.92. The first-order valence-corrected chi connectivity index (χ1v) is 8.31. The molecule has 1 aromatic carbocycles. The van der Waals surface area contributed by atoms with Crippen molar-refractivity contribution in [3.8, 4) is 0 Å². The predicted molar refractivity (Wildman–Crippen MR) is 94.9 cm³/mol. The molecule has 1 aromatic rings. The fourth-order valence-corrected chi connectivity index (χ4v) is 2.18. The average Bonchev–Trinajstić information content (AvgIpc) is 2.62. The maximum Gasteiger partial charge on any atom is 0.339 e. The molecule has 0 spiro atoms. The van der Waals surface area contributed by atoms with Crippen LogP contribution in [0.3, 0.4) is 0 Å². The highest BCUT2D eigenvalue weighted by Crippen LogP contribution is 2.15. The van der Waals surface area contributed by atoms with E-state index in [2.05, 4.69) is 6.58 Å². The third-order valence-electron chi connectivity index (χ3n) is 3.70. The molecule has 1 unspecified atom stereocenters. The third kappa shape index (κ3) is 6.58. The number of carbonyl (C=O) groups excluding carboxylic acids is 2. The van der Waals surface area contributed by atoms with Crippen LogP contribution in [0.4, 0.5) is 0 Å². The van der Waals surface area contributed by atoms with E-state index in [-0.39, 0.29) is 29.4 Å². The molecular weight excluding hydrogens is 356 g/mol. The van der Waals surface area contributed by atoms with Crippen LogP contribution < -0.4 is 0 Å². The van der Waals surface area contributed by atoms with Crippen molar-refractivity contribution < 1.29 is 38.9 Å². The Bertz CT molecular complexity index is 750. The summed E-state index contributed by atoms with van der Waals surface area (Å²) >= 11 is 0. The van der Waals surface area contributed by atoms with Gasteiger partial charge in [0, 0.05) is 5.57 Å². The lowest BCUT2D eigenvalue weighted by Gasteiger charge is -2.16. The second-order valence-corrected chi connectivity index (χ2v) is 5.86. The van der Waals surface area contributed by atoms with E-state index in [9.17, 15) is 19.2 Å². The second-order valence-electron chi connectivity index (χ2n) is 5.86. The Morgan fingerprint density at radius 3 is 2.30 bits per heavy atom. The number of ether oxygens (including phenoxy) is 2. The van der Waals surface area contributed by atoms with E-state index >= 15 is 0 Å². The Balaban J connectivity index is 2.68. The monoisotopic (exact) mass is 378 g/mol. The van der Waals surface area contributed by atoms with Gasteiger partial charge in [0.2, 0.25) is 0 Å². The van der Waals surface area contributed by atoms with Gasteiger partial charge >= 0.3 is 23.9 Å². The fourth-order valence-electron chi connectivity index (χ4n) is 2.18. The lowest BCUT2D eigenvalue weighted by molar-refractivity contribution is -0.144. The van der Waals surface area contributed by atoms with E-state index in [1.165, 1.54) is 0 Å². The van der Waals surface area contributed by atoms with E-state index in [0.29, 0.717) is 24.8 Å². The quantitative estimate of drug-likeness (QED) is 0.361. The van der Waals surface area contributed by atoms with Crippen molar-refractivity contribution in [2.45, 2.75) is 39.2 Å². The SMILES string of the molecule is C=C(C)C(=O)OC(CC)CCCOC(=O)c1cc(C(=O)O)ccc1C(=O)O. The normalized spacial score (nSPS) is 11.3. The summed E-state index contributed by atoms with van der Waals surface area (Å²) in [7, 11) is 0. The van der Waals surface area contributed by atoms with Crippen molar-refractivity contribution in [3.05, 3.63) is 47.0 Å². The molecule has 8 heteroatoms. The van der Waals surface area contributed by atoms with Crippen molar-refractivity contribution in [2.75, 3.05) is 6.61 Å². The Morgan fingerprint density at radius 1 is 1.11 bits per heavy atom. The maximum atomic E-state index is 12.2. The van der Waals surface area contributed by atoms with Gasteiger partial charge in [0.1, 0.15) is 6.10 Å². The van der Waals surface area contributed by atoms with Gasteiger partial charge in [-0.25, -0.2) is 19.2 Å². The average molecular weight is 378 g/mol. The number of rotatable bonds is 10. The highest BCUT2D eigenvalue weighted by molar-refractivity contribution is 6.04. The molecule has 0 aliphatic rings. The molecule has 0 aromatic heterocycles. The molecule has 0 saturated carbocycles. The molecule has 0 fully saturated rings. The zero-order chi connectivity index (χ0) is 20.6. The first-order valence-electron chi connectivity index (χ1n) is 8.31. The largest absolute Gasteiger partial charge is 0.478 e. The Morgan fingerprint density at radius 2 is 1.78 bits per heavy atom. The molecule has 8 nitrogen and oxygen atoms in total. The standard InChI is InChI=1S/C19H22O8/c1-4-13(27-18(24)11(2)3)6-5-9-26-19(25)15-10-12(16(20)21)7-8-14(15)17(22)23/h7-8,10,13H,2,4-6,9H2,1,3H3,(H,20,21)(H,22,23). The van der Waals surface area contributed by atoms with Crippen molar-refractivity contribution >= 4 is 23.9 Å². The van der Waals surface area contributed by atoms with Gasteiger partial charge in [0.05, 0.1) is 23.3 Å². The Labute approximate surface area is 156 Å². The summed E-state index contributed by atoms with van der Waals surface area (Å²) in [6.45, 7) is 6.86. The van der Waals surface area contributed by atoms with Crippen LogP contribution in [-0.2, 0) is 14.3 Å². The number of esters is 2. The number of aromatic carboxylic acids is 2. The van der Waals surface area contributed by atoms with Crippen LogP contribution in [0.25, 0.3) is 0 Å². The van der Waals surface area contributed by atoms with E-state index < -0.39 is 23.9 Å². The second kappa shape index (κ2) is 10.1. The van der Waals surface area contributed by atoms with Gasteiger partial charge in [0.15, 0.2) is 0 Å². The van der Waals surface area contributed by atoms with Crippen molar-refractivity contribution in [1.29, 1.82) is 0 Å². The number of hydrogen-bond acceptors (Lipinski definition) is 6. The number of carboxylic acids is 2. The molecule has 1 rings (SSSR count). The highest BCUT2D eigenvalue weighted by Gasteiger charge is 2.20. The lowest BCUT2D eigenvalue weighted by Crippen LogP contribution is -2.19. The van der Waals surface area contributed by atoms with Gasteiger partial charge < -0.3 is 19.7 Å². The topological polar surface area (TPSA) is 127 Å². The van der Waals surface area contributed by atoms with Gasteiger partial charge in [0.25, 0.3) is 0 Å². The number of carboxylic acid groups (broad SMARTS) is 2. The molecule has 146 valence electrons. The number of benzene rings is 1. The molecule has 0 amide bonds. The van der Waals surface area contributed by atoms with Crippen LogP contribution in [0.1, 0.15) is 64.2 Å². The molecule has 0 saturated heterocycles.